The Balaban J connectivity index is 2.56. The van der Waals surface area contributed by atoms with Crippen molar-refractivity contribution in [1.29, 1.82) is 0 Å². The molecule has 2 atom stereocenters. The van der Waals surface area contributed by atoms with E-state index in [0.29, 0.717) is 12.1 Å². The number of hydrogen-bond donors (Lipinski definition) is 1. The molecule has 0 spiro atoms. The minimum atomic E-state index is 0.160. The highest BCUT2D eigenvalue weighted by atomic mass is 16.5. The largest absolute Gasteiger partial charge is 0.383 e. The molecular formula is C12H26N2O. The molecule has 0 saturated carbocycles. The summed E-state index contributed by atoms with van der Waals surface area (Å²) in [6.45, 7) is 8.84. The summed E-state index contributed by atoms with van der Waals surface area (Å²) in [7, 11) is 3.85. The predicted octanol–water partition coefficient (Wildman–Crippen LogP) is 1.48. The molecule has 2 unspecified atom stereocenters. The average molecular weight is 214 g/mol. The molecule has 0 aliphatic carbocycles. The van der Waals surface area contributed by atoms with Gasteiger partial charge in [-0.25, -0.2) is 0 Å². The van der Waals surface area contributed by atoms with Gasteiger partial charge in [-0.15, -0.1) is 0 Å². The highest BCUT2D eigenvalue weighted by molar-refractivity contribution is 4.91. The topological polar surface area (TPSA) is 24.5 Å². The Morgan fingerprint density at radius 2 is 2.13 bits per heavy atom. The molecule has 1 fully saturated rings. The van der Waals surface area contributed by atoms with Gasteiger partial charge in [-0.3, -0.25) is 4.90 Å². The summed E-state index contributed by atoms with van der Waals surface area (Å²) in [5.74, 6) is 0. The van der Waals surface area contributed by atoms with Crippen LogP contribution in [0.25, 0.3) is 0 Å². The summed E-state index contributed by atoms with van der Waals surface area (Å²) < 4.78 is 5.30. The van der Waals surface area contributed by atoms with Crippen LogP contribution in [0.4, 0.5) is 0 Å². The molecule has 1 rings (SSSR count). The first-order valence-corrected chi connectivity index (χ1v) is 5.94. The second-order valence-electron chi connectivity index (χ2n) is 5.30. The molecule has 0 aromatic heterocycles. The minimum Gasteiger partial charge on any atom is -0.383 e. The van der Waals surface area contributed by atoms with Gasteiger partial charge in [-0.1, -0.05) is 0 Å². The molecule has 15 heavy (non-hydrogen) atoms. The molecule has 1 aliphatic heterocycles. The molecule has 3 heteroatoms. The van der Waals surface area contributed by atoms with Gasteiger partial charge in [-0.2, -0.15) is 0 Å². The number of hydrogen-bond acceptors (Lipinski definition) is 3. The van der Waals surface area contributed by atoms with Crippen molar-refractivity contribution in [2.75, 3.05) is 27.3 Å². The van der Waals surface area contributed by atoms with Crippen LogP contribution < -0.4 is 5.32 Å². The number of ether oxygens (including phenoxy) is 1. The van der Waals surface area contributed by atoms with Crippen LogP contribution in [0.5, 0.6) is 0 Å². The smallest absolute Gasteiger partial charge is 0.0641 e. The van der Waals surface area contributed by atoms with Crippen LogP contribution in [0.15, 0.2) is 0 Å². The first-order chi connectivity index (χ1) is 7.01. The van der Waals surface area contributed by atoms with Gasteiger partial charge in [0.1, 0.15) is 0 Å². The van der Waals surface area contributed by atoms with Gasteiger partial charge in [0, 0.05) is 31.3 Å². The van der Waals surface area contributed by atoms with Crippen molar-refractivity contribution in [1.82, 2.24) is 10.2 Å². The summed E-state index contributed by atoms with van der Waals surface area (Å²) in [4.78, 5) is 2.57. The Hall–Kier alpha value is -0.120. The van der Waals surface area contributed by atoms with Crippen molar-refractivity contribution >= 4 is 0 Å². The Bertz CT molecular complexity index is 194. The highest BCUT2D eigenvalue weighted by Crippen LogP contribution is 2.25. The molecular weight excluding hydrogens is 188 g/mol. The lowest BCUT2D eigenvalue weighted by Crippen LogP contribution is -2.57. The van der Waals surface area contributed by atoms with Crippen LogP contribution in [-0.2, 0) is 4.74 Å². The Kier molecular flexibility index (Phi) is 4.56. The maximum atomic E-state index is 5.30. The predicted molar refractivity (Wildman–Crippen MR) is 64.2 cm³/mol. The van der Waals surface area contributed by atoms with Crippen LogP contribution in [0, 0.1) is 0 Å². The van der Waals surface area contributed by atoms with E-state index < -0.39 is 0 Å². The zero-order valence-corrected chi connectivity index (χ0v) is 10.8. The Labute approximate surface area is 94.2 Å². The fraction of sp³-hybridized carbons (Fsp3) is 1.00. The number of likely N-dealkylation sites (tertiary alicyclic amines) is 1. The van der Waals surface area contributed by atoms with Crippen molar-refractivity contribution < 1.29 is 4.74 Å². The number of nitrogens with zero attached hydrogens (tertiary/aromatic N) is 1. The first-order valence-electron chi connectivity index (χ1n) is 5.94. The molecule has 3 nitrogen and oxygen atoms in total. The van der Waals surface area contributed by atoms with Crippen LogP contribution in [-0.4, -0.2) is 49.8 Å². The van der Waals surface area contributed by atoms with Gasteiger partial charge in [-0.05, 0) is 40.7 Å². The normalized spacial score (nSPS) is 29.4. The molecule has 1 heterocycles. The SMILES string of the molecule is CNC1CCN(C(C)(C)COC)C(C)C1. The van der Waals surface area contributed by atoms with E-state index in [2.05, 4.69) is 38.0 Å². The Morgan fingerprint density at radius 1 is 1.47 bits per heavy atom. The average Bonchev–Trinajstić information content (AvgIpc) is 2.17. The van der Waals surface area contributed by atoms with Gasteiger partial charge in [0.25, 0.3) is 0 Å². The summed E-state index contributed by atoms with van der Waals surface area (Å²) in [5.41, 5.74) is 0.160. The van der Waals surface area contributed by atoms with E-state index in [1.807, 2.05) is 0 Å². The first kappa shape index (κ1) is 12.9. The number of nitrogens with one attached hydrogen (secondary N) is 1. The highest BCUT2D eigenvalue weighted by Gasteiger charge is 2.34. The number of methoxy groups -OCH3 is 1. The van der Waals surface area contributed by atoms with Crippen LogP contribution in [0.2, 0.25) is 0 Å². The van der Waals surface area contributed by atoms with Gasteiger partial charge in [0.05, 0.1) is 6.61 Å². The van der Waals surface area contributed by atoms with Crippen LogP contribution in [0.3, 0.4) is 0 Å². The van der Waals surface area contributed by atoms with E-state index >= 15 is 0 Å². The Morgan fingerprint density at radius 3 is 2.60 bits per heavy atom. The van der Waals surface area contributed by atoms with Crippen molar-refractivity contribution in [3.05, 3.63) is 0 Å². The lowest BCUT2D eigenvalue weighted by Gasteiger charge is -2.46. The molecule has 0 radical (unpaired) electrons. The molecule has 0 aromatic rings. The molecule has 90 valence electrons. The van der Waals surface area contributed by atoms with Crippen molar-refractivity contribution in [2.24, 2.45) is 0 Å². The second kappa shape index (κ2) is 5.28. The van der Waals surface area contributed by atoms with E-state index in [1.165, 1.54) is 19.4 Å². The number of rotatable bonds is 4. The summed E-state index contributed by atoms with van der Waals surface area (Å²) in [5, 5.41) is 3.38. The van der Waals surface area contributed by atoms with Gasteiger partial charge >= 0.3 is 0 Å². The maximum absolute atomic E-state index is 5.30. The van der Waals surface area contributed by atoms with Crippen molar-refractivity contribution in [3.8, 4) is 0 Å². The van der Waals surface area contributed by atoms with Gasteiger partial charge in [0.15, 0.2) is 0 Å². The third-order valence-corrected chi connectivity index (χ3v) is 3.56. The minimum absolute atomic E-state index is 0.160. The van der Waals surface area contributed by atoms with Crippen LogP contribution in [0.1, 0.15) is 33.6 Å². The van der Waals surface area contributed by atoms with Gasteiger partial charge < -0.3 is 10.1 Å². The molecule has 1 saturated heterocycles. The fourth-order valence-electron chi connectivity index (χ4n) is 2.77. The van der Waals surface area contributed by atoms with E-state index in [1.54, 1.807) is 7.11 Å². The standard InChI is InChI=1S/C12H26N2O/c1-10-8-11(13-4)6-7-14(10)12(2,3)9-15-5/h10-11,13H,6-9H2,1-5H3. The molecule has 0 bridgehead atoms. The molecule has 1 N–H and O–H groups in total. The van der Waals surface area contributed by atoms with Crippen molar-refractivity contribution in [2.45, 2.75) is 51.2 Å². The quantitative estimate of drug-likeness (QED) is 0.767. The van der Waals surface area contributed by atoms with Crippen molar-refractivity contribution in [3.63, 3.8) is 0 Å². The summed E-state index contributed by atoms with van der Waals surface area (Å²) >= 11 is 0. The zero-order valence-electron chi connectivity index (χ0n) is 10.8. The zero-order chi connectivity index (χ0) is 11.5. The molecule has 0 amide bonds. The lowest BCUT2D eigenvalue weighted by atomic mass is 9.92. The third kappa shape index (κ3) is 3.16. The molecule has 0 aromatic carbocycles. The summed E-state index contributed by atoms with van der Waals surface area (Å²) in [6.07, 6.45) is 2.48. The third-order valence-electron chi connectivity index (χ3n) is 3.56. The van der Waals surface area contributed by atoms with E-state index in [9.17, 15) is 0 Å². The lowest BCUT2D eigenvalue weighted by molar-refractivity contribution is -0.0119. The van der Waals surface area contributed by atoms with E-state index in [4.69, 9.17) is 4.74 Å². The van der Waals surface area contributed by atoms with Gasteiger partial charge in [0.2, 0.25) is 0 Å². The van der Waals surface area contributed by atoms with E-state index in [0.717, 1.165) is 6.61 Å². The maximum Gasteiger partial charge on any atom is 0.0641 e. The summed E-state index contributed by atoms with van der Waals surface area (Å²) in [6, 6.07) is 1.33. The molecule has 1 aliphatic rings. The fourth-order valence-corrected chi connectivity index (χ4v) is 2.77. The van der Waals surface area contributed by atoms with Crippen LogP contribution >= 0.6 is 0 Å². The second-order valence-corrected chi connectivity index (χ2v) is 5.30. The van der Waals surface area contributed by atoms with E-state index in [-0.39, 0.29) is 5.54 Å². The monoisotopic (exact) mass is 214 g/mol. The number of piperidine rings is 1.